The Morgan fingerprint density at radius 2 is 1.72 bits per heavy atom. The molecule has 1 heterocycles. The number of piperazine rings is 1. The summed E-state index contributed by atoms with van der Waals surface area (Å²) in [7, 11) is 0. The topological polar surface area (TPSA) is 102 Å². The second-order valence-electron chi connectivity index (χ2n) is 9.87. The summed E-state index contributed by atoms with van der Waals surface area (Å²) in [6, 6.07) is 9.98. The fraction of sp³-hybridized carbons (Fsp3) is 0.483. The van der Waals surface area contributed by atoms with Crippen LogP contribution in [0.5, 0.6) is 0 Å². The third kappa shape index (κ3) is 8.31. The second-order valence-corrected chi connectivity index (χ2v) is 9.87. The van der Waals surface area contributed by atoms with Crippen molar-refractivity contribution in [3.05, 3.63) is 70.8 Å². The lowest BCUT2D eigenvalue weighted by molar-refractivity contribution is -0.159. The molecule has 3 atom stereocenters. The first-order valence-electron chi connectivity index (χ1n) is 13.5. The lowest BCUT2D eigenvalue weighted by atomic mass is 10.00. The molecule has 3 amide bonds. The number of benzene rings is 2. The number of amides is 3. The molecule has 0 radical (unpaired) electrons. The molecule has 0 bridgehead atoms. The van der Waals surface area contributed by atoms with Gasteiger partial charge >= 0.3 is 11.8 Å². The highest BCUT2D eigenvalue weighted by Crippen LogP contribution is 2.16. The van der Waals surface area contributed by atoms with Gasteiger partial charge in [-0.25, -0.2) is 8.78 Å². The zero-order valence-electron chi connectivity index (χ0n) is 22.8. The summed E-state index contributed by atoms with van der Waals surface area (Å²) < 4.78 is 27.7. The Labute approximate surface area is 228 Å². The number of aliphatic hydroxyl groups is 1. The Balaban J connectivity index is 1.69. The summed E-state index contributed by atoms with van der Waals surface area (Å²) in [5.74, 6) is -3.50. The van der Waals surface area contributed by atoms with Crippen LogP contribution in [-0.4, -0.2) is 77.0 Å². The Morgan fingerprint density at radius 1 is 1.03 bits per heavy atom. The van der Waals surface area contributed by atoms with Gasteiger partial charge in [-0.2, -0.15) is 0 Å². The fourth-order valence-electron chi connectivity index (χ4n) is 4.91. The smallest absolute Gasteiger partial charge is 0.312 e. The average molecular weight is 545 g/mol. The summed E-state index contributed by atoms with van der Waals surface area (Å²) in [6.45, 7) is 6.61. The lowest BCUT2D eigenvalue weighted by Crippen LogP contribution is -2.61. The minimum Gasteiger partial charge on any atom is -0.390 e. The molecule has 39 heavy (non-hydrogen) atoms. The normalized spacial score (nSPS) is 17.3. The molecule has 0 unspecified atom stereocenters. The van der Waals surface area contributed by atoms with E-state index in [2.05, 4.69) is 23.6 Å². The van der Waals surface area contributed by atoms with Gasteiger partial charge in [-0.15, -0.1) is 0 Å². The van der Waals surface area contributed by atoms with Gasteiger partial charge < -0.3 is 25.5 Å². The summed E-state index contributed by atoms with van der Waals surface area (Å²) in [5, 5.41) is 16.9. The SMILES string of the molecule is CCc1cccc(CNC[C@H](O)[C@H](Cc2cc(F)cc(F)c2)NC(=O)CN2C[C@H](CC)N(CC)C(=O)C2=O)c1. The Bertz CT molecular complexity index is 1140. The minimum absolute atomic E-state index is 0.0390. The standard InChI is InChI=1S/C29H38F2N4O4/c1-4-19-8-7-9-20(10-19)15-32-16-26(36)25(13-21-11-22(30)14-23(31)12-21)33-27(37)18-34-17-24(5-2)35(6-3)29(39)28(34)38/h7-12,14,24-26,32,36H,4-6,13,15-18H2,1-3H3,(H,33,37)/t24-,25-,26-/m0/s1. The molecular formula is C29H38F2N4O4. The highest BCUT2D eigenvalue weighted by molar-refractivity contribution is 6.35. The van der Waals surface area contributed by atoms with Crippen LogP contribution >= 0.6 is 0 Å². The van der Waals surface area contributed by atoms with Gasteiger partial charge in [-0.3, -0.25) is 14.4 Å². The van der Waals surface area contributed by atoms with E-state index < -0.39 is 41.5 Å². The van der Waals surface area contributed by atoms with Gasteiger partial charge in [-0.05, 0) is 55.0 Å². The average Bonchev–Trinajstić information content (AvgIpc) is 2.90. The van der Waals surface area contributed by atoms with Crippen molar-refractivity contribution < 1.29 is 28.3 Å². The van der Waals surface area contributed by atoms with E-state index in [9.17, 15) is 28.3 Å². The number of hydrogen-bond acceptors (Lipinski definition) is 5. The monoisotopic (exact) mass is 544 g/mol. The molecule has 2 aromatic rings. The number of likely N-dealkylation sites (N-methyl/N-ethyl adjacent to an activating group) is 1. The molecule has 1 aliphatic rings. The van der Waals surface area contributed by atoms with E-state index in [1.807, 2.05) is 25.1 Å². The van der Waals surface area contributed by atoms with Crippen molar-refractivity contribution in [3.63, 3.8) is 0 Å². The fourth-order valence-corrected chi connectivity index (χ4v) is 4.91. The molecule has 212 valence electrons. The zero-order chi connectivity index (χ0) is 28.5. The van der Waals surface area contributed by atoms with Gasteiger partial charge in [0.25, 0.3) is 0 Å². The van der Waals surface area contributed by atoms with Gasteiger partial charge in [0.1, 0.15) is 18.2 Å². The van der Waals surface area contributed by atoms with E-state index in [4.69, 9.17) is 0 Å². The predicted molar refractivity (Wildman–Crippen MR) is 144 cm³/mol. The minimum atomic E-state index is -1.10. The van der Waals surface area contributed by atoms with Crippen molar-refractivity contribution in [1.29, 1.82) is 0 Å². The first-order valence-corrected chi connectivity index (χ1v) is 13.5. The van der Waals surface area contributed by atoms with Gasteiger partial charge in [-0.1, -0.05) is 38.1 Å². The molecule has 0 saturated carbocycles. The molecule has 0 aromatic heterocycles. The maximum atomic E-state index is 13.8. The summed E-state index contributed by atoms with van der Waals surface area (Å²) >= 11 is 0. The second kappa shape index (κ2) is 14.1. The molecule has 1 aliphatic heterocycles. The van der Waals surface area contributed by atoms with Gasteiger partial charge in [0.2, 0.25) is 5.91 Å². The molecular weight excluding hydrogens is 506 g/mol. The number of halogens is 2. The van der Waals surface area contributed by atoms with Crippen LogP contribution in [0.2, 0.25) is 0 Å². The van der Waals surface area contributed by atoms with Crippen LogP contribution in [0.25, 0.3) is 0 Å². The molecule has 3 rings (SSSR count). The van der Waals surface area contributed by atoms with Crippen molar-refractivity contribution in [2.45, 2.75) is 64.8 Å². The van der Waals surface area contributed by atoms with E-state index in [1.54, 1.807) is 6.92 Å². The van der Waals surface area contributed by atoms with E-state index in [1.165, 1.54) is 15.4 Å². The Morgan fingerprint density at radius 3 is 2.36 bits per heavy atom. The van der Waals surface area contributed by atoms with Crippen molar-refractivity contribution in [1.82, 2.24) is 20.4 Å². The molecule has 2 aromatic carbocycles. The molecule has 1 fully saturated rings. The number of nitrogens with zero attached hydrogens (tertiary/aromatic N) is 2. The number of carbonyl (C=O) groups is 3. The summed E-state index contributed by atoms with van der Waals surface area (Å²) in [4.78, 5) is 40.8. The van der Waals surface area contributed by atoms with E-state index in [0.29, 0.717) is 19.5 Å². The third-order valence-electron chi connectivity index (χ3n) is 7.02. The van der Waals surface area contributed by atoms with Crippen molar-refractivity contribution >= 4 is 17.7 Å². The molecule has 0 spiro atoms. The van der Waals surface area contributed by atoms with Gasteiger partial charge in [0, 0.05) is 38.3 Å². The first-order chi connectivity index (χ1) is 18.6. The summed E-state index contributed by atoms with van der Waals surface area (Å²) in [5.41, 5.74) is 2.49. The van der Waals surface area contributed by atoms with Crippen LogP contribution in [0.1, 0.15) is 43.9 Å². The largest absolute Gasteiger partial charge is 0.390 e. The predicted octanol–water partition coefficient (Wildman–Crippen LogP) is 2.17. The maximum absolute atomic E-state index is 13.8. The highest BCUT2D eigenvalue weighted by atomic mass is 19.1. The Kier molecular flexibility index (Phi) is 10.9. The molecule has 1 saturated heterocycles. The number of aliphatic hydroxyl groups excluding tert-OH is 1. The number of aryl methyl sites for hydroxylation is 1. The van der Waals surface area contributed by atoms with E-state index in [-0.39, 0.29) is 37.7 Å². The van der Waals surface area contributed by atoms with Crippen LogP contribution in [-0.2, 0) is 33.8 Å². The van der Waals surface area contributed by atoms with Gasteiger partial charge in [0.05, 0.1) is 12.1 Å². The van der Waals surface area contributed by atoms with Gasteiger partial charge in [0.15, 0.2) is 0 Å². The maximum Gasteiger partial charge on any atom is 0.312 e. The lowest BCUT2D eigenvalue weighted by Gasteiger charge is -2.39. The van der Waals surface area contributed by atoms with E-state index in [0.717, 1.165) is 30.2 Å². The van der Waals surface area contributed by atoms with E-state index >= 15 is 0 Å². The number of hydrogen-bond donors (Lipinski definition) is 3. The van der Waals surface area contributed by atoms with Crippen LogP contribution < -0.4 is 10.6 Å². The van der Waals surface area contributed by atoms with Crippen LogP contribution in [0.3, 0.4) is 0 Å². The molecule has 10 heteroatoms. The molecule has 8 nitrogen and oxygen atoms in total. The number of rotatable bonds is 13. The quantitative estimate of drug-likeness (QED) is 0.336. The van der Waals surface area contributed by atoms with Crippen LogP contribution in [0.15, 0.2) is 42.5 Å². The molecule has 0 aliphatic carbocycles. The Hall–Kier alpha value is -3.37. The third-order valence-corrected chi connectivity index (χ3v) is 7.02. The van der Waals surface area contributed by atoms with Crippen molar-refractivity contribution in [2.24, 2.45) is 0 Å². The van der Waals surface area contributed by atoms with Crippen molar-refractivity contribution in [3.8, 4) is 0 Å². The summed E-state index contributed by atoms with van der Waals surface area (Å²) in [6.07, 6.45) is 0.384. The molecule has 3 N–H and O–H groups in total. The number of carbonyl (C=O) groups excluding carboxylic acids is 3. The highest BCUT2D eigenvalue weighted by Gasteiger charge is 2.38. The first kappa shape index (κ1) is 30.2. The zero-order valence-corrected chi connectivity index (χ0v) is 22.8. The number of nitrogens with one attached hydrogen (secondary N) is 2. The van der Waals surface area contributed by atoms with Crippen LogP contribution in [0, 0.1) is 11.6 Å². The van der Waals surface area contributed by atoms with Crippen LogP contribution in [0.4, 0.5) is 8.78 Å². The van der Waals surface area contributed by atoms with Crippen molar-refractivity contribution in [2.75, 3.05) is 26.2 Å².